The summed E-state index contributed by atoms with van der Waals surface area (Å²) in [6, 6.07) is 14.0. The normalized spacial score (nSPS) is 10.5. The number of esters is 1. The van der Waals surface area contributed by atoms with E-state index in [4.69, 9.17) is 21.4 Å². The first-order chi connectivity index (χ1) is 13.5. The molecule has 28 heavy (non-hydrogen) atoms. The molecular weight excluding hydrogens is 384 g/mol. The van der Waals surface area contributed by atoms with Crippen molar-refractivity contribution in [3.05, 3.63) is 65.7 Å². The fourth-order valence-electron chi connectivity index (χ4n) is 2.60. The second kappa shape index (κ2) is 8.53. The summed E-state index contributed by atoms with van der Waals surface area (Å²) in [6.45, 7) is 2.00. The lowest BCUT2D eigenvalue weighted by Gasteiger charge is -2.15. The lowest BCUT2D eigenvalue weighted by molar-refractivity contribution is 0.0527. The van der Waals surface area contributed by atoms with Gasteiger partial charge in [0.05, 0.1) is 35.1 Å². The molecule has 0 amide bonds. The third kappa shape index (κ3) is 3.96. The minimum atomic E-state index is -1.25. The zero-order valence-corrected chi connectivity index (χ0v) is 15.7. The monoisotopic (exact) mass is 400 g/mol. The molecule has 1 heterocycles. The topological polar surface area (TPSA) is 106 Å². The molecule has 2 aromatic carbocycles. The fraction of sp³-hybridized carbons (Fsp3) is 0.158. The van der Waals surface area contributed by atoms with Crippen LogP contribution in [0.2, 0.25) is 0 Å². The highest BCUT2D eigenvalue weighted by Crippen LogP contribution is 2.27. The van der Waals surface area contributed by atoms with E-state index in [-0.39, 0.29) is 24.1 Å². The Morgan fingerprint density at radius 1 is 1.14 bits per heavy atom. The number of benzene rings is 2. The maximum absolute atomic E-state index is 12.2. The van der Waals surface area contributed by atoms with Gasteiger partial charge in [-0.3, -0.25) is 0 Å². The van der Waals surface area contributed by atoms with Crippen molar-refractivity contribution in [2.75, 3.05) is 11.9 Å². The van der Waals surface area contributed by atoms with E-state index >= 15 is 0 Å². The van der Waals surface area contributed by atoms with E-state index < -0.39 is 11.9 Å². The number of halogens is 1. The number of hydrogen-bond acceptors (Lipinski definition) is 6. The second-order valence-electron chi connectivity index (χ2n) is 5.61. The van der Waals surface area contributed by atoms with Crippen LogP contribution >= 0.6 is 11.6 Å². The van der Waals surface area contributed by atoms with E-state index in [9.17, 15) is 9.59 Å². The van der Waals surface area contributed by atoms with Crippen molar-refractivity contribution < 1.29 is 19.4 Å². The molecular formula is C19H17ClN4O4. The first-order valence-corrected chi connectivity index (χ1v) is 8.96. The molecule has 9 heteroatoms. The summed E-state index contributed by atoms with van der Waals surface area (Å²) >= 11 is 5.92. The number of alkyl halides is 1. The molecule has 0 spiro atoms. The van der Waals surface area contributed by atoms with Crippen LogP contribution in [-0.4, -0.2) is 38.4 Å². The van der Waals surface area contributed by atoms with Crippen LogP contribution in [0.5, 0.6) is 0 Å². The molecule has 0 aliphatic rings. The van der Waals surface area contributed by atoms with Crippen molar-refractivity contribution in [2.45, 2.75) is 12.8 Å². The first-order valence-electron chi connectivity index (χ1n) is 8.43. The number of aromatic nitrogens is 3. The van der Waals surface area contributed by atoms with Gasteiger partial charge in [-0.15, -0.1) is 16.7 Å². The van der Waals surface area contributed by atoms with Crippen LogP contribution in [0.3, 0.4) is 0 Å². The van der Waals surface area contributed by atoms with Crippen LogP contribution in [0, 0.1) is 0 Å². The zero-order chi connectivity index (χ0) is 20.1. The number of carboxylic acids is 1. The van der Waals surface area contributed by atoms with Gasteiger partial charge in [0.1, 0.15) is 5.82 Å². The van der Waals surface area contributed by atoms with Gasteiger partial charge < -0.3 is 15.2 Å². The van der Waals surface area contributed by atoms with Crippen LogP contribution < -0.4 is 5.32 Å². The summed E-state index contributed by atoms with van der Waals surface area (Å²) in [4.78, 5) is 27.4. The Labute approximate surface area is 165 Å². The molecule has 1 aromatic heterocycles. The molecule has 0 saturated heterocycles. The third-order valence-electron chi connectivity index (χ3n) is 3.81. The average molecular weight is 401 g/mol. The fourth-order valence-corrected chi connectivity index (χ4v) is 2.78. The van der Waals surface area contributed by atoms with E-state index in [1.165, 1.54) is 4.68 Å². The van der Waals surface area contributed by atoms with Gasteiger partial charge >= 0.3 is 11.9 Å². The Hall–Kier alpha value is -3.39. The molecule has 0 atom stereocenters. The van der Waals surface area contributed by atoms with Gasteiger partial charge in [0, 0.05) is 0 Å². The Morgan fingerprint density at radius 3 is 2.50 bits per heavy atom. The van der Waals surface area contributed by atoms with E-state index in [1.54, 1.807) is 55.5 Å². The number of carboxylic acid groups (broad SMARTS) is 1. The lowest BCUT2D eigenvalue weighted by atomic mass is 10.1. The van der Waals surface area contributed by atoms with Gasteiger partial charge in [-0.2, -0.15) is 0 Å². The number of carbonyl (C=O) groups excluding carboxylic acids is 1. The Morgan fingerprint density at radius 2 is 1.82 bits per heavy atom. The van der Waals surface area contributed by atoms with Crippen LogP contribution in [-0.2, 0) is 10.6 Å². The molecule has 0 unspecified atom stereocenters. The standard InChI is InChI=1S/C19H17ClN4O4/c1-2-28-19(27)12-7-3-4-8-13(12)21-14-9-5-6-10-15(14)24-16(11-20)22-17(23-24)18(25)26/h3-10,21H,2,11H2,1H3,(H,25,26). The van der Waals surface area contributed by atoms with E-state index in [0.717, 1.165) is 0 Å². The van der Waals surface area contributed by atoms with Crippen LogP contribution in [0.4, 0.5) is 11.4 Å². The number of para-hydroxylation sites is 3. The highest BCUT2D eigenvalue weighted by Gasteiger charge is 2.19. The van der Waals surface area contributed by atoms with Crippen molar-refractivity contribution in [3.8, 4) is 5.69 Å². The number of carbonyl (C=O) groups is 2. The van der Waals surface area contributed by atoms with Gasteiger partial charge in [0.2, 0.25) is 0 Å². The molecule has 3 rings (SSSR count). The Kier molecular flexibility index (Phi) is 5.90. The molecule has 0 saturated carbocycles. The highest BCUT2D eigenvalue weighted by molar-refractivity contribution is 6.16. The van der Waals surface area contributed by atoms with E-state index in [0.29, 0.717) is 22.6 Å². The molecule has 3 aromatic rings. The van der Waals surface area contributed by atoms with Crippen molar-refractivity contribution in [3.63, 3.8) is 0 Å². The minimum absolute atomic E-state index is 0.0198. The largest absolute Gasteiger partial charge is 0.475 e. The van der Waals surface area contributed by atoms with E-state index in [1.807, 2.05) is 0 Å². The minimum Gasteiger partial charge on any atom is -0.475 e. The van der Waals surface area contributed by atoms with Gasteiger partial charge in [0.25, 0.3) is 5.82 Å². The number of ether oxygens (including phenoxy) is 1. The van der Waals surface area contributed by atoms with Gasteiger partial charge in [-0.1, -0.05) is 24.3 Å². The van der Waals surface area contributed by atoms with Crippen LogP contribution in [0.25, 0.3) is 5.69 Å². The summed E-state index contributed by atoms with van der Waals surface area (Å²) in [5.41, 5.74) is 2.05. The number of nitrogens with zero attached hydrogens (tertiary/aromatic N) is 3. The molecule has 0 fully saturated rings. The summed E-state index contributed by atoms with van der Waals surface area (Å²) in [5.74, 6) is -1.78. The Balaban J connectivity index is 2.04. The number of hydrogen-bond donors (Lipinski definition) is 2. The highest BCUT2D eigenvalue weighted by atomic mass is 35.5. The number of nitrogens with one attached hydrogen (secondary N) is 1. The summed E-state index contributed by atoms with van der Waals surface area (Å²) in [5, 5.41) is 16.4. The molecule has 0 bridgehead atoms. The predicted molar refractivity (Wildman–Crippen MR) is 104 cm³/mol. The average Bonchev–Trinajstić information content (AvgIpc) is 3.13. The van der Waals surface area contributed by atoms with Crippen molar-refractivity contribution in [2.24, 2.45) is 0 Å². The molecule has 0 aliphatic heterocycles. The molecule has 0 aliphatic carbocycles. The third-order valence-corrected chi connectivity index (χ3v) is 4.05. The zero-order valence-electron chi connectivity index (χ0n) is 14.9. The van der Waals surface area contributed by atoms with Gasteiger partial charge in [0.15, 0.2) is 0 Å². The quantitative estimate of drug-likeness (QED) is 0.460. The maximum atomic E-state index is 12.2. The smallest absolute Gasteiger partial charge is 0.375 e. The number of anilines is 2. The molecule has 144 valence electrons. The molecule has 8 nitrogen and oxygen atoms in total. The summed E-state index contributed by atoms with van der Waals surface area (Å²) in [7, 11) is 0. The predicted octanol–water partition coefficient (Wildman–Crippen LogP) is 3.62. The van der Waals surface area contributed by atoms with Crippen molar-refractivity contribution in [1.82, 2.24) is 14.8 Å². The summed E-state index contributed by atoms with van der Waals surface area (Å²) < 4.78 is 6.47. The molecule has 2 N–H and O–H groups in total. The summed E-state index contributed by atoms with van der Waals surface area (Å²) in [6.07, 6.45) is 0. The van der Waals surface area contributed by atoms with Crippen molar-refractivity contribution in [1.29, 1.82) is 0 Å². The van der Waals surface area contributed by atoms with Crippen molar-refractivity contribution >= 4 is 34.9 Å². The lowest BCUT2D eigenvalue weighted by Crippen LogP contribution is -2.10. The number of rotatable bonds is 7. The van der Waals surface area contributed by atoms with Gasteiger partial charge in [-0.05, 0) is 31.2 Å². The van der Waals surface area contributed by atoms with Crippen LogP contribution in [0.15, 0.2) is 48.5 Å². The Bertz CT molecular complexity index is 1020. The maximum Gasteiger partial charge on any atom is 0.375 e. The SMILES string of the molecule is CCOC(=O)c1ccccc1Nc1ccccc1-n1nc(C(=O)O)nc1CCl. The molecule has 0 radical (unpaired) electrons. The second-order valence-corrected chi connectivity index (χ2v) is 5.88. The first kappa shape index (κ1) is 19.4. The number of aromatic carboxylic acids is 1. The van der Waals surface area contributed by atoms with E-state index in [2.05, 4.69) is 15.4 Å². The van der Waals surface area contributed by atoms with Crippen LogP contribution in [0.1, 0.15) is 33.7 Å². The van der Waals surface area contributed by atoms with Gasteiger partial charge in [-0.25, -0.2) is 19.3 Å².